The molecule has 6 heteroatoms. The van der Waals surface area contributed by atoms with Gasteiger partial charge in [0.2, 0.25) is 0 Å². The normalized spacial score (nSPS) is 10.2. The number of rotatable bonds is 7. The maximum absolute atomic E-state index is 11.7. The van der Waals surface area contributed by atoms with Crippen LogP contribution in [0.15, 0.2) is 42.5 Å². The van der Waals surface area contributed by atoms with E-state index in [9.17, 15) is 4.79 Å². The number of ether oxygens (including phenoxy) is 1. The fourth-order valence-corrected chi connectivity index (χ4v) is 2.30. The molecule has 0 aliphatic carbocycles. The van der Waals surface area contributed by atoms with Gasteiger partial charge in [-0.25, -0.2) is 5.84 Å². The van der Waals surface area contributed by atoms with Crippen LogP contribution >= 0.6 is 11.6 Å². The van der Waals surface area contributed by atoms with Gasteiger partial charge in [0.25, 0.3) is 5.91 Å². The molecule has 122 valence electrons. The molecule has 5 nitrogen and oxygen atoms in total. The summed E-state index contributed by atoms with van der Waals surface area (Å²) in [7, 11) is 0. The number of nitrogen functional groups attached to an aromatic ring is 1. The standard InChI is InChI=1S/C17H20ClN3O2/c1-12-4-2-5-14(10-12)23-9-3-8-20-16-7-6-13(18)11-15(16)17(22)21-19/h2,4-7,10-11,20H,3,8-9,19H2,1H3,(H,21,22). The smallest absolute Gasteiger partial charge is 0.267 e. The van der Waals surface area contributed by atoms with Crippen LogP contribution in [0.5, 0.6) is 5.75 Å². The predicted molar refractivity (Wildman–Crippen MR) is 92.9 cm³/mol. The van der Waals surface area contributed by atoms with Gasteiger partial charge in [-0.3, -0.25) is 10.2 Å². The molecule has 23 heavy (non-hydrogen) atoms. The van der Waals surface area contributed by atoms with E-state index in [-0.39, 0.29) is 5.91 Å². The Labute approximate surface area is 140 Å². The van der Waals surface area contributed by atoms with E-state index in [1.54, 1.807) is 18.2 Å². The minimum Gasteiger partial charge on any atom is -0.494 e. The summed E-state index contributed by atoms with van der Waals surface area (Å²) in [5, 5.41) is 3.68. The Morgan fingerprint density at radius 3 is 2.83 bits per heavy atom. The third-order valence-corrected chi connectivity index (χ3v) is 3.49. The second-order valence-corrected chi connectivity index (χ2v) is 5.55. The molecule has 2 aromatic carbocycles. The molecule has 0 saturated heterocycles. The minimum atomic E-state index is -0.383. The monoisotopic (exact) mass is 333 g/mol. The van der Waals surface area contributed by atoms with Crippen LogP contribution in [0.1, 0.15) is 22.3 Å². The van der Waals surface area contributed by atoms with Crippen molar-refractivity contribution in [3.63, 3.8) is 0 Å². The largest absolute Gasteiger partial charge is 0.494 e. The summed E-state index contributed by atoms with van der Waals surface area (Å²) in [6.07, 6.45) is 0.792. The molecular weight excluding hydrogens is 314 g/mol. The van der Waals surface area contributed by atoms with Crippen LogP contribution < -0.4 is 21.3 Å². The van der Waals surface area contributed by atoms with Gasteiger partial charge in [0.15, 0.2) is 0 Å². The van der Waals surface area contributed by atoms with Gasteiger partial charge in [-0.05, 0) is 49.2 Å². The molecular formula is C17H20ClN3O2. The van der Waals surface area contributed by atoms with Crippen LogP contribution in [0, 0.1) is 6.92 Å². The van der Waals surface area contributed by atoms with Gasteiger partial charge in [-0.1, -0.05) is 23.7 Å². The zero-order valence-corrected chi connectivity index (χ0v) is 13.7. The zero-order chi connectivity index (χ0) is 16.7. The molecule has 0 spiro atoms. The van der Waals surface area contributed by atoms with E-state index in [4.69, 9.17) is 22.2 Å². The van der Waals surface area contributed by atoms with E-state index in [0.29, 0.717) is 29.4 Å². The van der Waals surface area contributed by atoms with Crippen molar-refractivity contribution in [1.82, 2.24) is 5.43 Å². The van der Waals surface area contributed by atoms with Crippen LogP contribution in [0.4, 0.5) is 5.69 Å². The van der Waals surface area contributed by atoms with E-state index in [1.165, 1.54) is 5.56 Å². The second kappa shape index (κ2) is 8.41. The first-order valence-electron chi connectivity index (χ1n) is 7.34. The Morgan fingerprint density at radius 1 is 1.26 bits per heavy atom. The van der Waals surface area contributed by atoms with Crippen molar-refractivity contribution in [2.24, 2.45) is 5.84 Å². The number of hydrazine groups is 1. The van der Waals surface area contributed by atoms with Crippen molar-refractivity contribution in [1.29, 1.82) is 0 Å². The van der Waals surface area contributed by atoms with Crippen molar-refractivity contribution in [3.8, 4) is 5.75 Å². The minimum absolute atomic E-state index is 0.383. The maximum atomic E-state index is 11.7. The van der Waals surface area contributed by atoms with Gasteiger partial charge < -0.3 is 10.1 Å². The number of amides is 1. The number of halogens is 1. The number of nitrogens with one attached hydrogen (secondary N) is 2. The lowest BCUT2D eigenvalue weighted by Crippen LogP contribution is -2.30. The van der Waals surface area contributed by atoms with Gasteiger partial charge in [-0.15, -0.1) is 0 Å². The molecule has 0 radical (unpaired) electrons. The van der Waals surface area contributed by atoms with Crippen molar-refractivity contribution in [2.75, 3.05) is 18.5 Å². The van der Waals surface area contributed by atoms with Crippen LogP contribution in [-0.2, 0) is 0 Å². The van der Waals surface area contributed by atoms with E-state index < -0.39 is 0 Å². The second-order valence-electron chi connectivity index (χ2n) is 5.11. The lowest BCUT2D eigenvalue weighted by atomic mass is 10.1. The summed E-state index contributed by atoms with van der Waals surface area (Å²) in [5.74, 6) is 5.66. The molecule has 4 N–H and O–H groups in total. The Morgan fingerprint density at radius 2 is 2.09 bits per heavy atom. The average molecular weight is 334 g/mol. The number of hydrogen-bond donors (Lipinski definition) is 3. The summed E-state index contributed by atoms with van der Waals surface area (Å²) in [4.78, 5) is 11.7. The van der Waals surface area contributed by atoms with Crippen LogP contribution in [0.3, 0.4) is 0 Å². The molecule has 0 saturated carbocycles. The molecule has 0 fully saturated rings. The van der Waals surface area contributed by atoms with Crippen LogP contribution in [0.25, 0.3) is 0 Å². The first kappa shape index (κ1) is 17.1. The molecule has 0 aliphatic rings. The van der Waals surface area contributed by atoms with E-state index >= 15 is 0 Å². The average Bonchev–Trinajstić information content (AvgIpc) is 2.55. The Bertz CT molecular complexity index is 677. The number of carbonyl (C=O) groups is 1. The summed E-state index contributed by atoms with van der Waals surface area (Å²) in [5.41, 5.74) is 4.39. The summed E-state index contributed by atoms with van der Waals surface area (Å²) >= 11 is 5.91. The van der Waals surface area contributed by atoms with Crippen molar-refractivity contribution >= 4 is 23.2 Å². The van der Waals surface area contributed by atoms with E-state index in [1.807, 2.05) is 31.2 Å². The van der Waals surface area contributed by atoms with Gasteiger partial charge in [0.1, 0.15) is 5.75 Å². The molecule has 0 bridgehead atoms. The number of nitrogens with two attached hydrogens (primary N) is 1. The molecule has 0 aromatic heterocycles. The highest BCUT2D eigenvalue weighted by Gasteiger charge is 2.10. The topological polar surface area (TPSA) is 76.4 Å². The highest BCUT2D eigenvalue weighted by molar-refractivity contribution is 6.31. The Hall–Kier alpha value is -2.24. The molecule has 0 atom stereocenters. The SMILES string of the molecule is Cc1cccc(OCCCNc2ccc(Cl)cc2C(=O)NN)c1. The summed E-state index contributed by atoms with van der Waals surface area (Å²) in [6, 6.07) is 13.0. The summed E-state index contributed by atoms with van der Waals surface area (Å²) in [6.45, 7) is 3.28. The number of carbonyl (C=O) groups excluding carboxylic acids is 1. The first-order chi connectivity index (χ1) is 11.1. The van der Waals surface area contributed by atoms with Crippen molar-refractivity contribution in [2.45, 2.75) is 13.3 Å². The molecule has 2 aromatic rings. The molecule has 2 rings (SSSR count). The predicted octanol–water partition coefficient (Wildman–Crippen LogP) is 3.13. The van der Waals surface area contributed by atoms with E-state index in [0.717, 1.165) is 12.2 Å². The maximum Gasteiger partial charge on any atom is 0.267 e. The third-order valence-electron chi connectivity index (χ3n) is 3.25. The number of hydrogen-bond acceptors (Lipinski definition) is 4. The van der Waals surface area contributed by atoms with Gasteiger partial charge in [0.05, 0.1) is 12.2 Å². The molecule has 1 amide bonds. The van der Waals surface area contributed by atoms with E-state index in [2.05, 4.69) is 10.7 Å². The van der Waals surface area contributed by atoms with Crippen LogP contribution in [0.2, 0.25) is 5.02 Å². The summed E-state index contributed by atoms with van der Waals surface area (Å²) < 4.78 is 5.68. The van der Waals surface area contributed by atoms with Gasteiger partial charge in [-0.2, -0.15) is 0 Å². The van der Waals surface area contributed by atoms with Crippen LogP contribution in [-0.4, -0.2) is 19.1 Å². The quantitative estimate of drug-likeness (QED) is 0.315. The molecule has 0 aliphatic heterocycles. The lowest BCUT2D eigenvalue weighted by molar-refractivity contribution is 0.0954. The zero-order valence-electron chi connectivity index (χ0n) is 12.9. The van der Waals surface area contributed by atoms with Gasteiger partial charge >= 0.3 is 0 Å². The Kier molecular flexibility index (Phi) is 6.26. The van der Waals surface area contributed by atoms with Crippen molar-refractivity contribution < 1.29 is 9.53 Å². The lowest BCUT2D eigenvalue weighted by Gasteiger charge is -2.12. The molecule has 0 heterocycles. The highest BCUT2D eigenvalue weighted by atomic mass is 35.5. The van der Waals surface area contributed by atoms with Crippen molar-refractivity contribution in [3.05, 3.63) is 58.6 Å². The number of benzene rings is 2. The molecule has 0 unspecified atom stereocenters. The first-order valence-corrected chi connectivity index (χ1v) is 7.72. The highest BCUT2D eigenvalue weighted by Crippen LogP contribution is 2.20. The third kappa shape index (κ3) is 5.16. The Balaban J connectivity index is 1.83. The fourth-order valence-electron chi connectivity index (χ4n) is 2.13. The number of aryl methyl sites for hydroxylation is 1. The number of anilines is 1. The van der Waals surface area contributed by atoms with Gasteiger partial charge in [0, 0.05) is 17.3 Å². The fraction of sp³-hybridized carbons (Fsp3) is 0.235.